The van der Waals surface area contributed by atoms with E-state index in [-0.39, 0.29) is 5.91 Å². The SMILES string of the molecule is CC(=O)NCC#Cc1cccc2cnccc12. The fourth-order valence-corrected chi connectivity index (χ4v) is 1.54. The highest BCUT2D eigenvalue weighted by molar-refractivity contribution is 5.87. The molecule has 0 saturated carbocycles. The van der Waals surface area contributed by atoms with Gasteiger partial charge < -0.3 is 5.32 Å². The number of nitrogens with one attached hydrogen (secondary N) is 1. The monoisotopic (exact) mass is 224 g/mol. The Morgan fingerprint density at radius 3 is 3.12 bits per heavy atom. The Kier molecular flexibility index (Phi) is 3.37. The van der Waals surface area contributed by atoms with Gasteiger partial charge in [0.05, 0.1) is 6.54 Å². The van der Waals surface area contributed by atoms with Gasteiger partial charge in [-0.2, -0.15) is 0 Å². The first-order valence-corrected chi connectivity index (χ1v) is 5.33. The van der Waals surface area contributed by atoms with Crippen molar-refractivity contribution in [1.29, 1.82) is 0 Å². The smallest absolute Gasteiger partial charge is 0.217 e. The van der Waals surface area contributed by atoms with E-state index in [9.17, 15) is 4.79 Å². The highest BCUT2D eigenvalue weighted by Crippen LogP contribution is 2.15. The van der Waals surface area contributed by atoms with Gasteiger partial charge in [0.25, 0.3) is 0 Å². The van der Waals surface area contributed by atoms with E-state index < -0.39 is 0 Å². The van der Waals surface area contributed by atoms with Crippen molar-refractivity contribution in [1.82, 2.24) is 10.3 Å². The normalized spacial score (nSPS) is 9.47. The molecule has 84 valence electrons. The van der Waals surface area contributed by atoms with Crippen LogP contribution >= 0.6 is 0 Å². The quantitative estimate of drug-likeness (QED) is 0.749. The van der Waals surface area contributed by atoms with Crippen molar-refractivity contribution >= 4 is 16.7 Å². The Labute approximate surface area is 99.9 Å². The van der Waals surface area contributed by atoms with Gasteiger partial charge in [0.15, 0.2) is 0 Å². The molecule has 3 nitrogen and oxygen atoms in total. The lowest BCUT2D eigenvalue weighted by atomic mass is 10.1. The third kappa shape index (κ3) is 2.82. The summed E-state index contributed by atoms with van der Waals surface area (Å²) in [6, 6.07) is 7.86. The molecule has 0 spiro atoms. The summed E-state index contributed by atoms with van der Waals surface area (Å²) in [6.45, 7) is 1.85. The van der Waals surface area contributed by atoms with Gasteiger partial charge in [0, 0.05) is 35.7 Å². The molecule has 1 amide bonds. The van der Waals surface area contributed by atoms with Gasteiger partial charge >= 0.3 is 0 Å². The third-order valence-corrected chi connectivity index (χ3v) is 2.33. The number of nitrogens with zero attached hydrogens (tertiary/aromatic N) is 1. The van der Waals surface area contributed by atoms with Gasteiger partial charge in [0.1, 0.15) is 0 Å². The third-order valence-electron chi connectivity index (χ3n) is 2.33. The summed E-state index contributed by atoms with van der Waals surface area (Å²) in [5.41, 5.74) is 0.954. The van der Waals surface area contributed by atoms with Gasteiger partial charge in [-0.15, -0.1) is 0 Å². The van der Waals surface area contributed by atoms with Crippen LogP contribution < -0.4 is 5.32 Å². The molecule has 1 N–H and O–H groups in total. The van der Waals surface area contributed by atoms with Crippen LogP contribution in [0.25, 0.3) is 10.8 Å². The lowest BCUT2D eigenvalue weighted by Gasteiger charge is -1.98. The number of amides is 1. The molecule has 0 fully saturated rings. The maximum atomic E-state index is 10.7. The van der Waals surface area contributed by atoms with E-state index in [1.807, 2.05) is 30.5 Å². The average Bonchev–Trinajstić information content (AvgIpc) is 2.34. The highest BCUT2D eigenvalue weighted by atomic mass is 16.1. The molecule has 3 heteroatoms. The Morgan fingerprint density at radius 1 is 1.41 bits per heavy atom. The molecule has 17 heavy (non-hydrogen) atoms. The van der Waals surface area contributed by atoms with E-state index in [1.54, 1.807) is 6.20 Å². The average molecular weight is 224 g/mol. The number of benzene rings is 1. The van der Waals surface area contributed by atoms with E-state index in [1.165, 1.54) is 6.92 Å². The van der Waals surface area contributed by atoms with Crippen molar-refractivity contribution in [3.8, 4) is 11.8 Å². The van der Waals surface area contributed by atoms with Crippen molar-refractivity contribution in [2.24, 2.45) is 0 Å². The minimum absolute atomic E-state index is 0.0681. The van der Waals surface area contributed by atoms with E-state index >= 15 is 0 Å². The maximum Gasteiger partial charge on any atom is 0.217 e. The van der Waals surface area contributed by atoms with Crippen LogP contribution in [-0.4, -0.2) is 17.4 Å². The first-order valence-electron chi connectivity index (χ1n) is 5.33. The Morgan fingerprint density at radius 2 is 2.29 bits per heavy atom. The zero-order chi connectivity index (χ0) is 12.1. The zero-order valence-electron chi connectivity index (χ0n) is 9.53. The molecule has 0 atom stereocenters. The molecule has 1 aromatic heterocycles. The van der Waals surface area contributed by atoms with Crippen molar-refractivity contribution in [2.45, 2.75) is 6.92 Å². The lowest BCUT2D eigenvalue weighted by molar-refractivity contribution is -0.118. The summed E-state index contributed by atoms with van der Waals surface area (Å²) in [6.07, 6.45) is 3.57. The van der Waals surface area contributed by atoms with Crippen LogP contribution in [0, 0.1) is 11.8 Å². The number of hydrogen-bond acceptors (Lipinski definition) is 2. The van der Waals surface area contributed by atoms with Crippen molar-refractivity contribution in [2.75, 3.05) is 6.54 Å². The standard InChI is InChI=1S/C14H12N2O/c1-11(17)16-8-3-6-12-4-2-5-13-10-15-9-7-14(12)13/h2,4-5,7,9-10H,8H2,1H3,(H,16,17). The van der Waals surface area contributed by atoms with Crippen LogP contribution in [0.1, 0.15) is 12.5 Å². The summed E-state index contributed by atoms with van der Waals surface area (Å²) in [7, 11) is 0. The van der Waals surface area contributed by atoms with Crippen LogP contribution in [0.3, 0.4) is 0 Å². The lowest BCUT2D eigenvalue weighted by Crippen LogP contribution is -2.19. The first-order chi connectivity index (χ1) is 8.27. The topological polar surface area (TPSA) is 42.0 Å². The number of hydrogen-bond donors (Lipinski definition) is 1. The summed E-state index contributed by atoms with van der Waals surface area (Å²) in [4.78, 5) is 14.7. The number of aromatic nitrogens is 1. The number of carbonyl (C=O) groups is 1. The second kappa shape index (κ2) is 5.13. The predicted octanol–water partition coefficient (Wildman–Crippen LogP) is 1.72. The van der Waals surface area contributed by atoms with E-state index in [2.05, 4.69) is 22.1 Å². The summed E-state index contributed by atoms with van der Waals surface area (Å²) >= 11 is 0. The fraction of sp³-hybridized carbons (Fsp3) is 0.143. The molecule has 0 radical (unpaired) electrons. The van der Waals surface area contributed by atoms with Gasteiger partial charge in [-0.1, -0.05) is 24.0 Å². The number of rotatable bonds is 1. The Hall–Kier alpha value is -2.34. The van der Waals surface area contributed by atoms with Crippen LogP contribution in [0.15, 0.2) is 36.7 Å². The molecule has 1 heterocycles. The molecule has 0 aliphatic rings. The predicted molar refractivity (Wildman–Crippen MR) is 67.3 cm³/mol. The van der Waals surface area contributed by atoms with E-state index in [4.69, 9.17) is 0 Å². The summed E-state index contributed by atoms with van der Waals surface area (Å²) in [5, 5.41) is 4.79. The Bertz CT molecular complexity index is 603. The molecule has 2 rings (SSSR count). The summed E-state index contributed by atoms with van der Waals surface area (Å²) in [5.74, 6) is 5.91. The molecule has 0 aliphatic carbocycles. The van der Waals surface area contributed by atoms with Crippen molar-refractivity contribution in [3.05, 3.63) is 42.2 Å². The maximum absolute atomic E-state index is 10.7. The molecule has 0 aliphatic heterocycles. The van der Waals surface area contributed by atoms with Crippen LogP contribution in [0.5, 0.6) is 0 Å². The molecular weight excluding hydrogens is 212 g/mol. The van der Waals surface area contributed by atoms with Gasteiger partial charge in [0.2, 0.25) is 5.91 Å². The van der Waals surface area contributed by atoms with Gasteiger partial charge in [-0.25, -0.2) is 0 Å². The Balaban J connectivity index is 2.26. The number of pyridine rings is 1. The van der Waals surface area contributed by atoms with Crippen molar-refractivity contribution in [3.63, 3.8) is 0 Å². The second-order valence-corrected chi connectivity index (χ2v) is 3.61. The number of fused-ring (bicyclic) bond motifs is 1. The molecule has 0 unspecified atom stereocenters. The molecule has 0 bridgehead atoms. The first kappa shape index (κ1) is 11.2. The number of carbonyl (C=O) groups excluding carboxylic acids is 1. The zero-order valence-corrected chi connectivity index (χ0v) is 9.53. The van der Waals surface area contributed by atoms with Crippen molar-refractivity contribution < 1.29 is 4.79 Å². The van der Waals surface area contributed by atoms with Crippen LogP contribution in [-0.2, 0) is 4.79 Å². The minimum atomic E-state index is -0.0681. The van der Waals surface area contributed by atoms with Crippen LogP contribution in [0.2, 0.25) is 0 Å². The molecular formula is C14H12N2O. The molecule has 0 saturated heterocycles. The van der Waals surface area contributed by atoms with Gasteiger partial charge in [-0.3, -0.25) is 9.78 Å². The summed E-state index contributed by atoms with van der Waals surface area (Å²) < 4.78 is 0. The highest BCUT2D eigenvalue weighted by Gasteiger charge is 1.96. The van der Waals surface area contributed by atoms with Crippen LogP contribution in [0.4, 0.5) is 0 Å². The largest absolute Gasteiger partial charge is 0.345 e. The second-order valence-electron chi connectivity index (χ2n) is 3.61. The van der Waals surface area contributed by atoms with E-state index in [0.29, 0.717) is 6.54 Å². The van der Waals surface area contributed by atoms with E-state index in [0.717, 1.165) is 16.3 Å². The molecule has 1 aromatic carbocycles. The fourth-order valence-electron chi connectivity index (χ4n) is 1.54. The molecule has 2 aromatic rings. The van der Waals surface area contributed by atoms with Gasteiger partial charge in [-0.05, 0) is 12.1 Å². The minimum Gasteiger partial charge on any atom is -0.345 e.